The van der Waals surface area contributed by atoms with E-state index in [0.717, 1.165) is 37.3 Å². The van der Waals surface area contributed by atoms with E-state index in [-0.39, 0.29) is 30.5 Å². The minimum absolute atomic E-state index is 0.0939. The third kappa shape index (κ3) is 4.49. The van der Waals surface area contributed by atoms with Crippen molar-refractivity contribution >= 4 is 21.8 Å². The average Bonchev–Trinajstić information content (AvgIpc) is 2.88. The quantitative estimate of drug-likeness (QED) is 0.657. The van der Waals surface area contributed by atoms with Gasteiger partial charge in [-0.1, -0.05) is 12.1 Å². The minimum atomic E-state index is -3.40. The normalized spacial score (nSPS) is 20.5. The maximum atomic E-state index is 12.2. The highest BCUT2D eigenvalue weighted by Crippen LogP contribution is 2.22. The summed E-state index contributed by atoms with van der Waals surface area (Å²) in [6.07, 6.45) is 3.32. The Labute approximate surface area is 154 Å². The molecule has 1 atom stereocenters. The van der Waals surface area contributed by atoms with Crippen LogP contribution in [0.1, 0.15) is 46.4 Å². The van der Waals surface area contributed by atoms with E-state index in [4.69, 9.17) is 0 Å². The van der Waals surface area contributed by atoms with Gasteiger partial charge in [-0.2, -0.15) is 0 Å². The van der Waals surface area contributed by atoms with Crippen LogP contribution in [0, 0.1) is 5.92 Å². The topological polar surface area (TPSA) is 95.6 Å². The highest BCUT2D eigenvalue weighted by atomic mass is 32.2. The van der Waals surface area contributed by atoms with Crippen molar-refractivity contribution in [2.45, 2.75) is 25.7 Å². The van der Waals surface area contributed by atoms with Crippen molar-refractivity contribution < 1.29 is 18.0 Å². The van der Waals surface area contributed by atoms with Gasteiger partial charge in [-0.05, 0) is 56.8 Å². The highest BCUT2D eigenvalue weighted by Gasteiger charge is 2.34. The molecule has 0 radical (unpaired) electrons. The van der Waals surface area contributed by atoms with Crippen LogP contribution >= 0.6 is 0 Å². The van der Waals surface area contributed by atoms with Gasteiger partial charge in [0.25, 0.3) is 11.8 Å². The molecule has 2 amide bonds. The molecule has 26 heavy (non-hydrogen) atoms. The van der Waals surface area contributed by atoms with Crippen LogP contribution in [-0.2, 0) is 10.0 Å². The van der Waals surface area contributed by atoms with E-state index in [9.17, 15) is 18.0 Å². The van der Waals surface area contributed by atoms with Crippen LogP contribution in [0.15, 0.2) is 24.3 Å². The molecule has 0 saturated carbocycles. The Morgan fingerprint density at radius 2 is 1.85 bits per heavy atom. The van der Waals surface area contributed by atoms with E-state index >= 15 is 0 Å². The fourth-order valence-electron chi connectivity index (χ4n) is 3.52. The first-order valence-electron chi connectivity index (χ1n) is 9.11. The third-order valence-electron chi connectivity index (χ3n) is 4.95. The van der Waals surface area contributed by atoms with Gasteiger partial charge >= 0.3 is 0 Å². The predicted octanol–water partition coefficient (Wildman–Crippen LogP) is 0.982. The largest absolute Gasteiger partial charge is 0.316 e. The minimum Gasteiger partial charge on any atom is -0.316 e. The fraction of sp³-hybridized carbons (Fsp3) is 0.556. The molecule has 0 aliphatic carbocycles. The SMILES string of the molecule is O=C1c2ccccc2C(=O)N1CCCS(=O)(=O)NCCC1CCCNC1. The Hall–Kier alpha value is -1.77. The summed E-state index contributed by atoms with van der Waals surface area (Å²) in [5.41, 5.74) is 0.777. The molecule has 1 aromatic rings. The summed E-state index contributed by atoms with van der Waals surface area (Å²) < 4.78 is 26.9. The number of fused-ring (bicyclic) bond motifs is 1. The van der Waals surface area contributed by atoms with Crippen LogP contribution in [0.25, 0.3) is 0 Å². The second-order valence-corrected chi connectivity index (χ2v) is 8.80. The second kappa shape index (κ2) is 8.28. The van der Waals surface area contributed by atoms with Crippen LogP contribution in [0.5, 0.6) is 0 Å². The van der Waals surface area contributed by atoms with Crippen LogP contribution in [-0.4, -0.2) is 57.1 Å². The number of carbonyl (C=O) groups excluding carboxylic acids is 2. The number of amides is 2. The Bertz CT molecular complexity index is 737. The zero-order chi connectivity index (χ0) is 18.6. The highest BCUT2D eigenvalue weighted by molar-refractivity contribution is 7.89. The van der Waals surface area contributed by atoms with E-state index in [1.54, 1.807) is 24.3 Å². The van der Waals surface area contributed by atoms with Crippen molar-refractivity contribution in [3.8, 4) is 0 Å². The first-order chi connectivity index (χ1) is 12.5. The molecule has 2 aliphatic heterocycles. The van der Waals surface area contributed by atoms with Crippen molar-refractivity contribution in [2.24, 2.45) is 5.92 Å². The number of nitrogens with zero attached hydrogens (tertiary/aromatic N) is 1. The number of carbonyl (C=O) groups is 2. The van der Waals surface area contributed by atoms with E-state index in [0.29, 0.717) is 23.6 Å². The number of sulfonamides is 1. The Morgan fingerprint density at radius 1 is 1.15 bits per heavy atom. The summed E-state index contributed by atoms with van der Waals surface area (Å²) >= 11 is 0. The lowest BCUT2D eigenvalue weighted by atomic mass is 9.96. The molecule has 0 spiro atoms. The molecular formula is C18H25N3O4S. The molecule has 0 bridgehead atoms. The van der Waals surface area contributed by atoms with Gasteiger partial charge in [-0.15, -0.1) is 0 Å². The first kappa shape index (κ1) is 19.0. The number of rotatable bonds is 8. The molecule has 1 unspecified atom stereocenters. The number of hydrogen-bond donors (Lipinski definition) is 2. The molecular weight excluding hydrogens is 354 g/mol. The maximum absolute atomic E-state index is 12.2. The molecule has 0 aromatic heterocycles. The summed E-state index contributed by atoms with van der Waals surface area (Å²) in [6, 6.07) is 6.66. The maximum Gasteiger partial charge on any atom is 0.261 e. The lowest BCUT2D eigenvalue weighted by Gasteiger charge is -2.22. The summed E-state index contributed by atoms with van der Waals surface area (Å²) in [5, 5.41) is 3.32. The summed E-state index contributed by atoms with van der Waals surface area (Å²) in [5.74, 6) is -0.269. The van der Waals surface area contributed by atoms with Crippen molar-refractivity contribution in [2.75, 3.05) is 31.9 Å². The van der Waals surface area contributed by atoms with Gasteiger partial charge in [0.05, 0.1) is 16.9 Å². The fourth-order valence-corrected chi connectivity index (χ4v) is 4.60. The first-order valence-corrected chi connectivity index (χ1v) is 10.8. The molecule has 2 heterocycles. The van der Waals surface area contributed by atoms with E-state index in [1.165, 1.54) is 0 Å². The molecule has 1 fully saturated rings. The third-order valence-corrected chi connectivity index (χ3v) is 6.42. The van der Waals surface area contributed by atoms with Gasteiger partial charge in [0.2, 0.25) is 10.0 Å². The summed E-state index contributed by atoms with van der Waals surface area (Å²) in [6.45, 7) is 2.53. The summed E-state index contributed by atoms with van der Waals surface area (Å²) in [7, 11) is -3.40. The van der Waals surface area contributed by atoms with Crippen molar-refractivity contribution in [1.29, 1.82) is 0 Å². The number of benzene rings is 1. The molecule has 142 valence electrons. The van der Waals surface area contributed by atoms with Gasteiger partial charge in [0, 0.05) is 13.1 Å². The molecule has 2 N–H and O–H groups in total. The van der Waals surface area contributed by atoms with Crippen molar-refractivity contribution in [1.82, 2.24) is 14.9 Å². The molecule has 1 aromatic carbocycles. The van der Waals surface area contributed by atoms with Gasteiger partial charge in [-0.3, -0.25) is 14.5 Å². The number of piperidine rings is 1. The van der Waals surface area contributed by atoms with Crippen LogP contribution < -0.4 is 10.0 Å². The Kier molecular flexibility index (Phi) is 6.05. The number of hydrogen-bond acceptors (Lipinski definition) is 5. The molecule has 1 saturated heterocycles. The van der Waals surface area contributed by atoms with Crippen molar-refractivity contribution in [3.63, 3.8) is 0 Å². The lowest BCUT2D eigenvalue weighted by molar-refractivity contribution is 0.0654. The lowest BCUT2D eigenvalue weighted by Crippen LogP contribution is -2.35. The van der Waals surface area contributed by atoms with Crippen molar-refractivity contribution in [3.05, 3.63) is 35.4 Å². The van der Waals surface area contributed by atoms with E-state index in [1.807, 2.05) is 0 Å². The average molecular weight is 379 g/mol. The van der Waals surface area contributed by atoms with E-state index < -0.39 is 10.0 Å². The Morgan fingerprint density at radius 3 is 2.46 bits per heavy atom. The monoisotopic (exact) mass is 379 g/mol. The summed E-state index contributed by atoms with van der Waals surface area (Å²) in [4.78, 5) is 25.6. The Balaban J connectivity index is 1.42. The second-order valence-electron chi connectivity index (χ2n) is 6.88. The molecule has 7 nitrogen and oxygen atoms in total. The van der Waals surface area contributed by atoms with Gasteiger partial charge in [0.15, 0.2) is 0 Å². The number of nitrogens with one attached hydrogen (secondary N) is 2. The van der Waals surface area contributed by atoms with Gasteiger partial charge in [0.1, 0.15) is 0 Å². The van der Waals surface area contributed by atoms with Crippen LogP contribution in [0.4, 0.5) is 0 Å². The standard InChI is InChI=1S/C18H25N3O4S/c22-17-15-6-1-2-7-16(15)18(23)21(17)11-4-12-26(24,25)20-10-8-14-5-3-9-19-13-14/h1-2,6-7,14,19-20H,3-5,8-13H2. The zero-order valence-electron chi connectivity index (χ0n) is 14.7. The predicted molar refractivity (Wildman–Crippen MR) is 98.4 cm³/mol. The molecule has 3 rings (SSSR count). The zero-order valence-corrected chi connectivity index (χ0v) is 15.6. The number of imide groups is 1. The van der Waals surface area contributed by atoms with Crippen LogP contribution in [0.3, 0.4) is 0 Å². The molecule has 8 heteroatoms. The van der Waals surface area contributed by atoms with E-state index in [2.05, 4.69) is 10.0 Å². The van der Waals surface area contributed by atoms with Gasteiger partial charge < -0.3 is 5.32 Å². The smallest absolute Gasteiger partial charge is 0.261 e. The van der Waals surface area contributed by atoms with Crippen LogP contribution in [0.2, 0.25) is 0 Å². The molecule has 2 aliphatic rings. The van der Waals surface area contributed by atoms with Gasteiger partial charge in [-0.25, -0.2) is 13.1 Å².